The van der Waals surface area contributed by atoms with Crippen LogP contribution < -0.4 is 61.6 Å². The maximum atomic E-state index is 13.3. The predicted octanol–water partition coefficient (Wildman–Crippen LogP) is 0.602. The average molecular weight is 326 g/mol. The molecule has 106 valence electrons. The Morgan fingerprint density at radius 2 is 1.52 bits per heavy atom. The molecule has 0 aliphatic carbocycles. The molecule has 1 nitrogen and oxygen atoms in total. The average Bonchev–Trinajstić information content (AvgIpc) is 2.36. The van der Waals surface area contributed by atoms with E-state index in [1.807, 2.05) is 0 Å². The molecule has 0 aliphatic rings. The predicted molar refractivity (Wildman–Crippen MR) is 65.8 cm³/mol. The van der Waals surface area contributed by atoms with Gasteiger partial charge in [-0.15, -0.1) is 0 Å². The molecule has 0 aliphatic heterocycles. The van der Waals surface area contributed by atoms with Crippen LogP contribution in [-0.2, 0) is 6.61 Å². The van der Waals surface area contributed by atoms with E-state index in [0.717, 1.165) is 6.07 Å². The summed E-state index contributed by atoms with van der Waals surface area (Å²) in [6.07, 6.45) is 0. The Balaban J connectivity index is 0.00000220. The molecule has 0 bridgehead atoms. The number of benzene rings is 2. The van der Waals surface area contributed by atoms with Crippen LogP contribution in [0.2, 0.25) is 0 Å². The Kier molecular flexibility index (Phi) is 6.86. The van der Waals surface area contributed by atoms with Gasteiger partial charge in [0.25, 0.3) is 0 Å². The van der Waals surface area contributed by atoms with Crippen molar-refractivity contribution in [2.24, 2.45) is 0 Å². The van der Waals surface area contributed by atoms with E-state index in [9.17, 15) is 21.7 Å². The molecule has 0 saturated carbocycles. The zero-order valence-electron chi connectivity index (χ0n) is 11.1. The van der Waals surface area contributed by atoms with Crippen LogP contribution in [0.5, 0.6) is 5.75 Å². The van der Waals surface area contributed by atoms with Crippen molar-refractivity contribution in [3.8, 4) is 5.75 Å². The quantitative estimate of drug-likeness (QED) is 0.591. The van der Waals surface area contributed by atoms with Crippen LogP contribution in [0.25, 0.3) is 0 Å². The standard InChI is InChI=1S/C13H9BF5O.K/c15-10-3-1-9(2-4-10)8-20-11-5-6-12(13(16)7-11)14(17,18)19;/h1-7H,8H2;/q-1;+1. The summed E-state index contributed by atoms with van der Waals surface area (Å²) in [4.78, 5) is 0. The number of rotatable bonds is 4. The molecule has 0 N–H and O–H groups in total. The molecule has 0 heterocycles. The van der Waals surface area contributed by atoms with E-state index in [2.05, 4.69) is 0 Å². The monoisotopic (exact) mass is 326 g/mol. The van der Waals surface area contributed by atoms with E-state index in [1.54, 1.807) is 0 Å². The van der Waals surface area contributed by atoms with Crippen molar-refractivity contribution in [2.45, 2.75) is 6.61 Å². The fourth-order valence-electron chi connectivity index (χ4n) is 1.61. The molecular formula is C13H9BF5KO. The summed E-state index contributed by atoms with van der Waals surface area (Å²) in [7, 11) is 0. The molecule has 0 atom stereocenters. The molecule has 2 aromatic carbocycles. The second-order valence-corrected chi connectivity index (χ2v) is 4.17. The van der Waals surface area contributed by atoms with Crippen LogP contribution >= 0.6 is 0 Å². The molecule has 0 unspecified atom stereocenters. The van der Waals surface area contributed by atoms with Crippen molar-refractivity contribution in [3.05, 3.63) is 59.7 Å². The second kappa shape index (κ2) is 7.73. The molecule has 0 aromatic heterocycles. The maximum absolute atomic E-state index is 13.3. The molecular weight excluding hydrogens is 317 g/mol. The summed E-state index contributed by atoms with van der Waals surface area (Å²) >= 11 is 0. The summed E-state index contributed by atoms with van der Waals surface area (Å²) < 4.78 is 68.4. The molecule has 0 amide bonds. The van der Waals surface area contributed by atoms with Gasteiger partial charge in [-0.25, -0.2) is 8.78 Å². The van der Waals surface area contributed by atoms with Crippen molar-refractivity contribution >= 4 is 12.4 Å². The summed E-state index contributed by atoms with van der Waals surface area (Å²) in [6, 6.07) is 7.79. The van der Waals surface area contributed by atoms with Gasteiger partial charge in [0.2, 0.25) is 0 Å². The summed E-state index contributed by atoms with van der Waals surface area (Å²) in [5, 5.41) is 0. The van der Waals surface area contributed by atoms with Crippen molar-refractivity contribution in [1.29, 1.82) is 0 Å². The van der Waals surface area contributed by atoms with Crippen molar-refractivity contribution in [2.75, 3.05) is 0 Å². The van der Waals surface area contributed by atoms with Gasteiger partial charge < -0.3 is 17.7 Å². The fraction of sp³-hybridized carbons (Fsp3) is 0.0769. The topological polar surface area (TPSA) is 9.23 Å². The van der Waals surface area contributed by atoms with Crippen LogP contribution in [0.1, 0.15) is 5.56 Å². The summed E-state index contributed by atoms with van der Waals surface area (Å²) in [5.41, 5.74) is -0.657. The van der Waals surface area contributed by atoms with Gasteiger partial charge >= 0.3 is 58.4 Å². The fourth-order valence-corrected chi connectivity index (χ4v) is 1.61. The SMILES string of the molecule is Fc1ccc(COc2ccc([B-](F)(F)F)c(F)c2)cc1.[K+]. The Bertz CT molecular complexity index is 601. The van der Waals surface area contributed by atoms with E-state index >= 15 is 0 Å². The van der Waals surface area contributed by atoms with Crippen LogP contribution in [0.3, 0.4) is 0 Å². The smallest absolute Gasteiger partial charge is 0.489 e. The molecule has 0 fully saturated rings. The van der Waals surface area contributed by atoms with E-state index in [1.165, 1.54) is 24.3 Å². The number of hydrogen-bond acceptors (Lipinski definition) is 1. The first-order valence-corrected chi connectivity index (χ1v) is 5.73. The second-order valence-electron chi connectivity index (χ2n) is 4.17. The number of hydrogen-bond donors (Lipinski definition) is 0. The first-order chi connectivity index (χ1) is 9.36. The number of halogens is 5. The largest absolute Gasteiger partial charge is 1.00 e. The Labute approximate surface area is 161 Å². The molecule has 0 radical (unpaired) electrons. The normalized spacial score (nSPS) is 10.9. The third-order valence-corrected chi connectivity index (χ3v) is 2.64. The zero-order chi connectivity index (χ0) is 14.8. The molecule has 0 spiro atoms. The van der Waals surface area contributed by atoms with Crippen LogP contribution in [-0.4, -0.2) is 6.98 Å². The minimum atomic E-state index is -5.38. The van der Waals surface area contributed by atoms with Crippen molar-refractivity contribution in [3.63, 3.8) is 0 Å². The van der Waals surface area contributed by atoms with Crippen LogP contribution in [0.4, 0.5) is 21.7 Å². The Morgan fingerprint density at radius 3 is 2.05 bits per heavy atom. The Hall–Kier alpha value is -0.409. The van der Waals surface area contributed by atoms with E-state index in [0.29, 0.717) is 17.7 Å². The third-order valence-electron chi connectivity index (χ3n) is 2.64. The number of ether oxygens (including phenoxy) is 1. The van der Waals surface area contributed by atoms with Crippen molar-refractivity contribution in [1.82, 2.24) is 0 Å². The minimum absolute atomic E-state index is 0. The van der Waals surface area contributed by atoms with Crippen molar-refractivity contribution < 1.29 is 77.8 Å². The first kappa shape index (κ1) is 18.6. The van der Waals surface area contributed by atoms with E-state index in [-0.39, 0.29) is 63.7 Å². The van der Waals surface area contributed by atoms with E-state index in [4.69, 9.17) is 4.74 Å². The molecule has 21 heavy (non-hydrogen) atoms. The van der Waals surface area contributed by atoms with Gasteiger partial charge in [-0.3, -0.25) is 0 Å². The van der Waals surface area contributed by atoms with Gasteiger partial charge in [0.1, 0.15) is 18.2 Å². The van der Waals surface area contributed by atoms with Gasteiger partial charge in [0.05, 0.1) is 5.82 Å². The van der Waals surface area contributed by atoms with E-state index < -0.39 is 24.1 Å². The molecule has 2 aromatic rings. The maximum Gasteiger partial charge on any atom is 1.00 e. The Morgan fingerprint density at radius 1 is 0.905 bits per heavy atom. The summed E-state index contributed by atoms with van der Waals surface area (Å²) in [6.45, 7) is -5.37. The van der Waals surface area contributed by atoms with Gasteiger partial charge in [-0.05, 0) is 23.8 Å². The molecule has 8 heteroatoms. The first-order valence-electron chi connectivity index (χ1n) is 5.73. The summed E-state index contributed by atoms with van der Waals surface area (Å²) in [5.74, 6) is -1.79. The molecule has 0 saturated heterocycles. The van der Waals surface area contributed by atoms with Crippen LogP contribution in [0.15, 0.2) is 42.5 Å². The third kappa shape index (κ3) is 5.37. The minimum Gasteiger partial charge on any atom is -0.489 e. The zero-order valence-corrected chi connectivity index (χ0v) is 14.2. The van der Waals surface area contributed by atoms with Gasteiger partial charge in [-0.1, -0.05) is 23.7 Å². The van der Waals surface area contributed by atoms with Gasteiger partial charge in [0, 0.05) is 6.07 Å². The van der Waals surface area contributed by atoms with Gasteiger partial charge in [-0.2, -0.15) is 0 Å². The molecule has 2 rings (SSSR count). The van der Waals surface area contributed by atoms with Crippen LogP contribution in [0, 0.1) is 11.6 Å². The van der Waals surface area contributed by atoms with Gasteiger partial charge in [0.15, 0.2) is 0 Å².